The molecule has 0 aromatic rings. The van der Waals surface area contributed by atoms with Crippen LogP contribution in [-0.2, 0) is 4.74 Å². The minimum atomic E-state index is -2.15. The van der Waals surface area contributed by atoms with Crippen molar-refractivity contribution in [2.24, 2.45) is 0 Å². The number of carbonyl (C=O) groups is 1. The molecule has 116 valence electrons. The summed E-state index contributed by atoms with van der Waals surface area (Å²) in [4.78, 5) is 11.7. The van der Waals surface area contributed by atoms with Crippen LogP contribution in [0.2, 0.25) is 0 Å². The van der Waals surface area contributed by atoms with E-state index in [9.17, 15) is 18.7 Å². The number of hydrogen-bond acceptors (Lipinski definition) is 4. The molecule has 2 saturated carbocycles. The van der Waals surface area contributed by atoms with E-state index in [1.54, 1.807) is 0 Å². The second-order valence-corrected chi connectivity index (χ2v) is 5.60. The number of carbonyl (C=O) groups excluding carboxylic acids is 1. The molecule has 2 aliphatic rings. The van der Waals surface area contributed by atoms with Crippen LogP contribution >= 0.6 is 0 Å². The number of alkyl carbamates (subject to hydrolysis) is 1. The number of nitrogens with one attached hydrogen (secondary N) is 1. The minimum absolute atomic E-state index is 0.0184. The fourth-order valence-electron chi connectivity index (χ4n) is 2.81. The lowest BCUT2D eigenvalue weighted by Crippen LogP contribution is -2.54. The number of ether oxygens (including phenoxy) is 1. The molecule has 0 heterocycles. The molecule has 0 aromatic carbocycles. The van der Waals surface area contributed by atoms with Gasteiger partial charge < -0.3 is 20.3 Å². The van der Waals surface area contributed by atoms with Crippen molar-refractivity contribution in [3.8, 4) is 0 Å². The zero-order valence-electron chi connectivity index (χ0n) is 11.2. The molecule has 3 N–H and O–H groups in total. The Labute approximate surface area is 116 Å². The van der Waals surface area contributed by atoms with E-state index >= 15 is 0 Å². The minimum Gasteiger partial charge on any atom is -0.443 e. The molecule has 0 spiro atoms. The third-order valence-electron chi connectivity index (χ3n) is 4.05. The summed E-state index contributed by atoms with van der Waals surface area (Å²) in [5.41, 5.74) is 0. The second kappa shape index (κ2) is 6.67. The Hall–Kier alpha value is -0.950. The summed E-state index contributed by atoms with van der Waals surface area (Å²) >= 11 is 0. The van der Waals surface area contributed by atoms with Gasteiger partial charge in [0.05, 0.1) is 0 Å². The maximum absolute atomic E-state index is 13.4. The third-order valence-corrected chi connectivity index (χ3v) is 4.05. The summed E-state index contributed by atoms with van der Waals surface area (Å²) in [6.07, 6.45) is -5.08. The highest BCUT2D eigenvalue weighted by Crippen LogP contribution is 2.27. The van der Waals surface area contributed by atoms with E-state index < -0.39 is 43.2 Å². The first-order valence-corrected chi connectivity index (χ1v) is 7.10. The van der Waals surface area contributed by atoms with Gasteiger partial charge in [-0.25, -0.2) is 13.6 Å². The van der Waals surface area contributed by atoms with Gasteiger partial charge in [0.2, 0.25) is 0 Å². The van der Waals surface area contributed by atoms with Crippen LogP contribution in [-0.4, -0.2) is 53.0 Å². The van der Waals surface area contributed by atoms with Crippen LogP contribution < -0.4 is 5.32 Å². The maximum Gasteiger partial charge on any atom is 0.407 e. The van der Waals surface area contributed by atoms with E-state index in [0.717, 1.165) is 32.1 Å². The summed E-state index contributed by atoms with van der Waals surface area (Å²) in [7, 11) is 0. The van der Waals surface area contributed by atoms with Gasteiger partial charge in [-0.05, 0) is 12.8 Å². The number of halogens is 2. The molecule has 5 unspecified atom stereocenters. The first kappa shape index (κ1) is 15.4. The lowest BCUT2D eigenvalue weighted by Gasteiger charge is -2.35. The number of rotatable bonds is 2. The molecular weight excluding hydrogens is 272 g/mol. The maximum atomic E-state index is 13.4. The summed E-state index contributed by atoms with van der Waals surface area (Å²) in [6, 6.07) is 0.0184. The van der Waals surface area contributed by atoms with Gasteiger partial charge in [0.1, 0.15) is 24.5 Å². The van der Waals surface area contributed by atoms with Crippen molar-refractivity contribution in [1.29, 1.82) is 0 Å². The van der Waals surface area contributed by atoms with Crippen LogP contribution in [0.1, 0.15) is 38.5 Å². The van der Waals surface area contributed by atoms with Crippen molar-refractivity contribution in [2.45, 2.75) is 75.2 Å². The first-order valence-electron chi connectivity index (χ1n) is 7.10. The quantitative estimate of drug-likeness (QED) is 0.715. The van der Waals surface area contributed by atoms with Crippen LogP contribution in [0.4, 0.5) is 13.6 Å². The van der Waals surface area contributed by atoms with Crippen molar-refractivity contribution < 1.29 is 28.5 Å². The van der Waals surface area contributed by atoms with Crippen LogP contribution in [0.5, 0.6) is 0 Å². The normalized spacial score (nSPS) is 39.3. The van der Waals surface area contributed by atoms with Crippen molar-refractivity contribution in [2.75, 3.05) is 0 Å². The Morgan fingerprint density at radius 2 is 1.75 bits per heavy atom. The highest BCUT2D eigenvalue weighted by atomic mass is 19.1. The number of aliphatic hydroxyl groups is 2. The SMILES string of the molecule is O=C(NC1CCCCC1)OC1CC(F)C(O)C(F)C1O. The van der Waals surface area contributed by atoms with E-state index in [-0.39, 0.29) is 6.04 Å². The largest absolute Gasteiger partial charge is 0.443 e. The van der Waals surface area contributed by atoms with E-state index in [4.69, 9.17) is 9.84 Å². The summed E-state index contributed by atoms with van der Waals surface area (Å²) in [5, 5.41) is 21.4. The number of hydrogen-bond donors (Lipinski definition) is 3. The molecule has 0 aromatic heterocycles. The van der Waals surface area contributed by atoms with Gasteiger partial charge in [0.25, 0.3) is 0 Å². The highest BCUT2D eigenvalue weighted by molar-refractivity contribution is 5.67. The molecule has 1 amide bonds. The Morgan fingerprint density at radius 3 is 2.40 bits per heavy atom. The topological polar surface area (TPSA) is 78.8 Å². The van der Waals surface area contributed by atoms with E-state index in [0.29, 0.717) is 0 Å². The number of amides is 1. The zero-order chi connectivity index (χ0) is 14.7. The smallest absolute Gasteiger partial charge is 0.407 e. The molecule has 0 bridgehead atoms. The van der Waals surface area contributed by atoms with Gasteiger partial charge in [0.15, 0.2) is 6.17 Å². The van der Waals surface area contributed by atoms with E-state index in [2.05, 4.69) is 5.32 Å². The van der Waals surface area contributed by atoms with Crippen molar-refractivity contribution >= 4 is 6.09 Å². The van der Waals surface area contributed by atoms with Gasteiger partial charge in [-0.3, -0.25) is 0 Å². The van der Waals surface area contributed by atoms with Gasteiger partial charge in [-0.2, -0.15) is 0 Å². The third kappa shape index (κ3) is 3.58. The molecular formula is C13H21F2NO4. The van der Waals surface area contributed by atoms with Crippen molar-refractivity contribution in [3.05, 3.63) is 0 Å². The average Bonchev–Trinajstić information content (AvgIpc) is 2.43. The first-order chi connectivity index (χ1) is 9.49. The molecule has 2 fully saturated rings. The predicted octanol–water partition coefficient (Wildman–Crippen LogP) is 1.22. The Bertz CT molecular complexity index is 338. The Morgan fingerprint density at radius 1 is 1.10 bits per heavy atom. The Kier molecular flexibility index (Phi) is 5.15. The second-order valence-electron chi connectivity index (χ2n) is 5.60. The number of alkyl halides is 2. The lowest BCUT2D eigenvalue weighted by molar-refractivity contribution is -0.135. The van der Waals surface area contributed by atoms with Crippen LogP contribution in [0.3, 0.4) is 0 Å². The molecule has 2 rings (SSSR count). The fourth-order valence-corrected chi connectivity index (χ4v) is 2.81. The molecule has 0 aliphatic heterocycles. The molecule has 0 radical (unpaired) electrons. The predicted molar refractivity (Wildman–Crippen MR) is 66.7 cm³/mol. The molecule has 0 saturated heterocycles. The van der Waals surface area contributed by atoms with E-state index in [1.807, 2.05) is 0 Å². The van der Waals surface area contributed by atoms with Crippen molar-refractivity contribution in [3.63, 3.8) is 0 Å². The van der Waals surface area contributed by atoms with Gasteiger partial charge in [0, 0.05) is 12.5 Å². The standard InChI is InChI=1S/C13H21F2NO4/c14-8-6-9(12(18)10(15)11(8)17)20-13(19)16-7-4-2-1-3-5-7/h7-12,17-18H,1-6H2,(H,16,19). The zero-order valence-corrected chi connectivity index (χ0v) is 11.2. The summed E-state index contributed by atoms with van der Waals surface area (Å²) in [5.74, 6) is 0. The average molecular weight is 293 g/mol. The van der Waals surface area contributed by atoms with Gasteiger partial charge >= 0.3 is 6.09 Å². The monoisotopic (exact) mass is 293 g/mol. The number of aliphatic hydroxyl groups excluding tert-OH is 2. The molecule has 2 aliphatic carbocycles. The van der Waals surface area contributed by atoms with Crippen LogP contribution in [0.15, 0.2) is 0 Å². The van der Waals surface area contributed by atoms with Gasteiger partial charge in [-0.15, -0.1) is 0 Å². The summed E-state index contributed by atoms with van der Waals surface area (Å²) in [6.45, 7) is 0. The van der Waals surface area contributed by atoms with Crippen molar-refractivity contribution in [1.82, 2.24) is 5.32 Å². The van der Waals surface area contributed by atoms with E-state index in [1.165, 1.54) is 0 Å². The van der Waals surface area contributed by atoms with Gasteiger partial charge in [-0.1, -0.05) is 19.3 Å². The lowest BCUT2D eigenvalue weighted by atomic mass is 9.89. The Balaban J connectivity index is 1.83. The fraction of sp³-hybridized carbons (Fsp3) is 0.923. The van der Waals surface area contributed by atoms with Crippen LogP contribution in [0.25, 0.3) is 0 Å². The summed E-state index contributed by atoms with van der Waals surface area (Å²) < 4.78 is 31.7. The highest BCUT2D eigenvalue weighted by Gasteiger charge is 2.46. The molecule has 20 heavy (non-hydrogen) atoms. The van der Waals surface area contributed by atoms with Crippen LogP contribution in [0, 0.1) is 0 Å². The molecule has 5 atom stereocenters. The molecule has 7 heteroatoms. The molecule has 5 nitrogen and oxygen atoms in total.